The third kappa shape index (κ3) is 6.24. The van der Waals surface area contributed by atoms with Gasteiger partial charge in [0.25, 0.3) is 0 Å². The van der Waals surface area contributed by atoms with E-state index in [0.717, 1.165) is 4.47 Å². The molecule has 0 fully saturated rings. The van der Waals surface area contributed by atoms with Gasteiger partial charge in [-0.15, -0.1) is 12.4 Å². The number of amides is 1. The van der Waals surface area contributed by atoms with Crippen molar-refractivity contribution in [2.24, 2.45) is 5.92 Å². The minimum absolute atomic E-state index is 0. The molecule has 0 aliphatic rings. The molecule has 22 heavy (non-hydrogen) atoms. The number of carbonyl (C=O) groups excluding carboxylic acids is 1. The second-order valence-electron chi connectivity index (χ2n) is 5.00. The van der Waals surface area contributed by atoms with Gasteiger partial charge in [0.05, 0.1) is 10.6 Å². The Kier molecular flexibility index (Phi) is 9.22. The molecule has 0 spiro atoms. The molecule has 1 amide bonds. The Morgan fingerprint density at radius 2 is 1.86 bits per heavy atom. The van der Waals surface area contributed by atoms with Gasteiger partial charge in [-0.25, -0.2) is 8.42 Å². The van der Waals surface area contributed by atoms with Crippen LogP contribution < -0.4 is 5.32 Å². The maximum atomic E-state index is 12.3. The number of halogens is 2. The van der Waals surface area contributed by atoms with E-state index in [-0.39, 0.29) is 29.0 Å². The third-order valence-corrected chi connectivity index (χ3v) is 5.60. The Balaban J connectivity index is 0.00000441. The van der Waals surface area contributed by atoms with Crippen LogP contribution in [0.1, 0.15) is 6.92 Å². The van der Waals surface area contributed by atoms with Crippen molar-refractivity contribution in [1.29, 1.82) is 0 Å². The van der Waals surface area contributed by atoms with Gasteiger partial charge in [0.1, 0.15) is 0 Å². The number of hydrogen-bond donors (Lipinski definition) is 1. The summed E-state index contributed by atoms with van der Waals surface area (Å²) in [6.45, 7) is 2.88. The maximum Gasteiger partial charge on any atom is 0.226 e. The van der Waals surface area contributed by atoms with Gasteiger partial charge in [-0.2, -0.15) is 0 Å². The molecule has 0 heterocycles. The topological polar surface area (TPSA) is 66.5 Å². The molecule has 1 rings (SSSR count). The smallest absolute Gasteiger partial charge is 0.226 e. The van der Waals surface area contributed by atoms with Crippen molar-refractivity contribution in [3.8, 4) is 0 Å². The first-order valence-corrected chi connectivity index (χ1v) is 9.10. The van der Waals surface area contributed by atoms with Crippen LogP contribution in [0.15, 0.2) is 33.6 Å². The lowest BCUT2D eigenvalue weighted by molar-refractivity contribution is -0.132. The molecule has 1 unspecified atom stereocenters. The number of carbonyl (C=O) groups is 1. The molecule has 0 aliphatic heterocycles. The van der Waals surface area contributed by atoms with Gasteiger partial charge in [-0.3, -0.25) is 4.79 Å². The van der Waals surface area contributed by atoms with Crippen molar-refractivity contribution < 1.29 is 13.2 Å². The number of sulfone groups is 1. The lowest BCUT2D eigenvalue weighted by atomic mass is 10.2. The average Bonchev–Trinajstić information content (AvgIpc) is 2.43. The highest BCUT2D eigenvalue weighted by molar-refractivity contribution is 9.10. The average molecular weight is 414 g/mol. The zero-order valence-electron chi connectivity index (χ0n) is 12.9. The second kappa shape index (κ2) is 9.50. The highest BCUT2D eigenvalue weighted by Gasteiger charge is 2.25. The molecule has 0 aliphatic carbocycles. The quantitative estimate of drug-likeness (QED) is 0.742. The molecule has 0 radical (unpaired) electrons. The number of benzene rings is 1. The number of nitrogens with zero attached hydrogens (tertiary/aromatic N) is 1. The van der Waals surface area contributed by atoms with Crippen LogP contribution >= 0.6 is 28.3 Å². The zero-order valence-corrected chi connectivity index (χ0v) is 16.1. The maximum absolute atomic E-state index is 12.3. The zero-order chi connectivity index (χ0) is 16.0. The van der Waals surface area contributed by atoms with E-state index >= 15 is 0 Å². The van der Waals surface area contributed by atoms with Gasteiger partial charge < -0.3 is 10.2 Å². The minimum atomic E-state index is -3.46. The van der Waals surface area contributed by atoms with Crippen LogP contribution in [0, 0.1) is 5.92 Å². The van der Waals surface area contributed by atoms with Gasteiger partial charge >= 0.3 is 0 Å². The molecule has 0 aromatic heterocycles. The van der Waals surface area contributed by atoms with E-state index in [9.17, 15) is 13.2 Å². The first-order chi connectivity index (χ1) is 9.77. The molecule has 1 aromatic rings. The summed E-state index contributed by atoms with van der Waals surface area (Å²) in [5, 5.41) is 2.96. The number of rotatable bonds is 7. The predicted molar refractivity (Wildman–Crippen MR) is 94.2 cm³/mol. The minimum Gasteiger partial charge on any atom is -0.344 e. The van der Waals surface area contributed by atoms with Crippen LogP contribution in [-0.2, 0) is 14.6 Å². The molecule has 8 heteroatoms. The fourth-order valence-electron chi connectivity index (χ4n) is 1.90. The molecule has 1 aromatic carbocycles. The van der Waals surface area contributed by atoms with Crippen molar-refractivity contribution >= 4 is 44.1 Å². The molecule has 1 N–H and O–H groups in total. The van der Waals surface area contributed by atoms with E-state index < -0.39 is 15.8 Å². The van der Waals surface area contributed by atoms with Crippen LogP contribution in [0.5, 0.6) is 0 Å². The van der Waals surface area contributed by atoms with Crippen molar-refractivity contribution in [2.75, 3.05) is 32.9 Å². The first kappa shape index (κ1) is 21.4. The van der Waals surface area contributed by atoms with Crippen LogP contribution in [0.2, 0.25) is 0 Å². The third-order valence-electron chi connectivity index (χ3n) is 3.14. The lowest BCUT2D eigenvalue weighted by Gasteiger charge is -2.21. The molecule has 0 saturated heterocycles. The summed E-state index contributed by atoms with van der Waals surface area (Å²) >= 11 is 3.27. The fraction of sp³-hybridized carbons (Fsp3) is 0.500. The summed E-state index contributed by atoms with van der Waals surface area (Å²) in [5.41, 5.74) is 0. The second-order valence-corrected chi connectivity index (χ2v) is 7.95. The summed E-state index contributed by atoms with van der Waals surface area (Å²) in [6, 6.07) is 6.44. The van der Waals surface area contributed by atoms with Gasteiger partial charge in [0, 0.05) is 30.5 Å². The van der Waals surface area contributed by atoms with E-state index in [4.69, 9.17) is 0 Å². The molecule has 0 bridgehead atoms. The Morgan fingerprint density at radius 3 is 2.36 bits per heavy atom. The fourth-order valence-corrected chi connectivity index (χ4v) is 3.71. The van der Waals surface area contributed by atoms with E-state index in [1.807, 2.05) is 0 Å². The van der Waals surface area contributed by atoms with E-state index in [1.54, 1.807) is 50.2 Å². The summed E-state index contributed by atoms with van der Waals surface area (Å²) in [5.74, 6) is -0.913. The van der Waals surface area contributed by atoms with Crippen molar-refractivity contribution in [3.05, 3.63) is 28.7 Å². The molecule has 0 saturated carbocycles. The van der Waals surface area contributed by atoms with E-state index in [2.05, 4.69) is 21.2 Å². The number of hydrogen-bond acceptors (Lipinski definition) is 4. The molecule has 1 atom stereocenters. The Bertz CT molecular complexity index is 578. The van der Waals surface area contributed by atoms with Gasteiger partial charge in [0.15, 0.2) is 9.84 Å². The Morgan fingerprint density at radius 1 is 1.32 bits per heavy atom. The molecular weight excluding hydrogens is 392 g/mol. The highest BCUT2D eigenvalue weighted by Crippen LogP contribution is 2.18. The van der Waals surface area contributed by atoms with Gasteiger partial charge in [-0.05, 0) is 31.3 Å². The number of likely N-dealkylation sites (N-methyl/N-ethyl adjacent to an activating group) is 2. The van der Waals surface area contributed by atoms with Crippen LogP contribution in [0.4, 0.5) is 0 Å². The standard InChI is InChI=1S/C14H21BrN2O3S.ClH/c1-11(14(18)17(3)9-8-16-2)10-21(19,20)13-6-4-12(15)5-7-13;/h4-7,11,16H,8-10H2,1-3H3;1H. The van der Waals surface area contributed by atoms with Crippen molar-refractivity contribution in [3.63, 3.8) is 0 Å². The highest BCUT2D eigenvalue weighted by atomic mass is 79.9. The lowest BCUT2D eigenvalue weighted by Crippen LogP contribution is -2.38. The molecule has 126 valence electrons. The largest absolute Gasteiger partial charge is 0.344 e. The normalized spacial score (nSPS) is 12.4. The Hall–Kier alpha value is -0.630. The number of nitrogens with one attached hydrogen (secondary N) is 1. The van der Waals surface area contributed by atoms with Gasteiger partial charge in [0.2, 0.25) is 5.91 Å². The Labute approximate surface area is 146 Å². The molecular formula is C14H22BrClN2O3S. The predicted octanol–water partition coefficient (Wildman–Crippen LogP) is 1.96. The van der Waals surface area contributed by atoms with Crippen molar-refractivity contribution in [1.82, 2.24) is 10.2 Å². The van der Waals surface area contributed by atoms with Crippen LogP contribution in [0.25, 0.3) is 0 Å². The monoisotopic (exact) mass is 412 g/mol. The van der Waals surface area contributed by atoms with Crippen LogP contribution in [0.3, 0.4) is 0 Å². The summed E-state index contributed by atoms with van der Waals surface area (Å²) in [6.07, 6.45) is 0. The van der Waals surface area contributed by atoms with Crippen molar-refractivity contribution in [2.45, 2.75) is 11.8 Å². The van der Waals surface area contributed by atoms with E-state index in [0.29, 0.717) is 13.1 Å². The van der Waals surface area contributed by atoms with Gasteiger partial charge in [-0.1, -0.05) is 22.9 Å². The molecule has 5 nitrogen and oxygen atoms in total. The summed E-state index contributed by atoms with van der Waals surface area (Å²) in [4.78, 5) is 13.9. The van der Waals surface area contributed by atoms with E-state index in [1.165, 1.54) is 0 Å². The summed E-state index contributed by atoms with van der Waals surface area (Å²) in [7, 11) is 0.0290. The summed E-state index contributed by atoms with van der Waals surface area (Å²) < 4.78 is 25.4. The van der Waals surface area contributed by atoms with Crippen LogP contribution in [-0.4, -0.2) is 52.2 Å². The SMILES string of the molecule is CNCCN(C)C(=O)C(C)CS(=O)(=O)c1ccc(Br)cc1.Cl. The first-order valence-electron chi connectivity index (χ1n) is 6.66.